The van der Waals surface area contributed by atoms with Gasteiger partial charge in [0.1, 0.15) is 5.82 Å². The summed E-state index contributed by atoms with van der Waals surface area (Å²) in [4.78, 5) is 21.9. The zero-order valence-corrected chi connectivity index (χ0v) is 20.0. The molecule has 1 aromatic heterocycles. The van der Waals surface area contributed by atoms with E-state index >= 15 is 0 Å². The highest BCUT2D eigenvalue weighted by atomic mass is 35.5. The number of aliphatic hydroxyl groups excluding tert-OH is 1. The number of hydrogen-bond donors (Lipinski definition) is 2. The van der Waals surface area contributed by atoms with E-state index in [2.05, 4.69) is 26.2 Å². The second kappa shape index (κ2) is 8.91. The third kappa shape index (κ3) is 4.16. The number of nitrogens with zero attached hydrogens (tertiary/aromatic N) is 3. The summed E-state index contributed by atoms with van der Waals surface area (Å²) in [5.74, 6) is 0.715. The van der Waals surface area contributed by atoms with Crippen LogP contribution >= 0.6 is 11.6 Å². The zero-order chi connectivity index (χ0) is 23.3. The number of nitrogens with one attached hydrogen (secondary N) is 1. The number of rotatable bonds is 4. The average molecular weight is 487 g/mol. The number of hydrogen-bond acceptors (Lipinski definition) is 7. The van der Waals surface area contributed by atoms with Crippen molar-refractivity contribution < 1.29 is 19.4 Å². The number of piperazine rings is 1. The molecule has 3 aliphatic heterocycles. The summed E-state index contributed by atoms with van der Waals surface area (Å²) in [6.07, 6.45) is 4.26. The maximum atomic E-state index is 12.9. The van der Waals surface area contributed by atoms with Crippen LogP contribution in [-0.4, -0.2) is 85.6 Å². The van der Waals surface area contributed by atoms with Crippen molar-refractivity contribution in [2.75, 3.05) is 62.8 Å². The van der Waals surface area contributed by atoms with Gasteiger partial charge in [-0.1, -0.05) is 11.6 Å². The van der Waals surface area contributed by atoms with E-state index in [1.165, 1.54) is 0 Å². The third-order valence-corrected chi connectivity index (χ3v) is 8.48. The summed E-state index contributed by atoms with van der Waals surface area (Å²) < 4.78 is 10.9. The topological polar surface area (TPSA) is 87.2 Å². The van der Waals surface area contributed by atoms with E-state index in [1.54, 1.807) is 6.20 Å². The number of aliphatic hydroxyl groups is 1. The predicted octanol–water partition coefficient (Wildman–Crippen LogP) is 2.53. The molecule has 1 spiro atoms. The maximum Gasteiger partial charge on any atom is 0.229 e. The first-order valence-corrected chi connectivity index (χ1v) is 12.6. The minimum atomic E-state index is -0.408. The van der Waals surface area contributed by atoms with E-state index in [1.807, 2.05) is 12.1 Å². The summed E-state index contributed by atoms with van der Waals surface area (Å²) in [7, 11) is 0. The van der Waals surface area contributed by atoms with Crippen LogP contribution in [0.4, 0.5) is 11.5 Å². The molecule has 4 fully saturated rings. The Hall–Kier alpha value is -1.97. The predicted molar refractivity (Wildman–Crippen MR) is 130 cm³/mol. The van der Waals surface area contributed by atoms with Crippen LogP contribution in [0.1, 0.15) is 19.3 Å². The summed E-state index contributed by atoms with van der Waals surface area (Å²) in [5.41, 5.74) is 1.13. The zero-order valence-electron chi connectivity index (χ0n) is 19.2. The molecule has 4 heterocycles. The lowest BCUT2D eigenvalue weighted by Gasteiger charge is -2.39. The summed E-state index contributed by atoms with van der Waals surface area (Å²) in [6.45, 7) is 5.89. The smallest absolute Gasteiger partial charge is 0.229 e. The number of benzene rings is 1. The number of aromatic nitrogens is 1. The SMILES string of the molecule is O=C(Nc1cc2cc(N3CCN(C4COCC4O)CC3)c(Cl)cc2cn1)C1CC12CCOCC2. The first kappa shape index (κ1) is 22.5. The van der Waals surface area contributed by atoms with Crippen molar-refractivity contribution in [2.45, 2.75) is 31.4 Å². The van der Waals surface area contributed by atoms with E-state index in [4.69, 9.17) is 21.1 Å². The first-order chi connectivity index (χ1) is 16.5. The molecule has 3 saturated heterocycles. The van der Waals surface area contributed by atoms with Crippen molar-refractivity contribution in [1.82, 2.24) is 9.88 Å². The minimum absolute atomic E-state index is 0.0646. The van der Waals surface area contributed by atoms with Gasteiger partial charge in [-0.3, -0.25) is 9.69 Å². The second-order valence-corrected chi connectivity index (χ2v) is 10.5. The molecule has 0 bridgehead atoms. The molecule has 1 aliphatic carbocycles. The fourth-order valence-electron chi connectivity index (χ4n) is 5.90. The van der Waals surface area contributed by atoms with E-state index < -0.39 is 6.10 Å². The summed E-state index contributed by atoms with van der Waals surface area (Å²) in [6, 6.07) is 6.06. The number of carbonyl (C=O) groups is 1. The quantitative estimate of drug-likeness (QED) is 0.686. The van der Waals surface area contributed by atoms with Crippen molar-refractivity contribution >= 4 is 39.8 Å². The second-order valence-electron chi connectivity index (χ2n) is 10.1. The van der Waals surface area contributed by atoms with Crippen LogP contribution < -0.4 is 10.2 Å². The number of halogens is 1. The molecule has 34 heavy (non-hydrogen) atoms. The van der Waals surface area contributed by atoms with Crippen LogP contribution in [0.3, 0.4) is 0 Å². The van der Waals surface area contributed by atoms with Crippen molar-refractivity contribution in [3.8, 4) is 0 Å². The number of fused-ring (bicyclic) bond motifs is 1. The monoisotopic (exact) mass is 486 g/mol. The lowest BCUT2D eigenvalue weighted by molar-refractivity contribution is -0.118. The molecule has 4 aliphatic rings. The van der Waals surface area contributed by atoms with Gasteiger partial charge >= 0.3 is 0 Å². The van der Waals surface area contributed by atoms with Crippen molar-refractivity contribution in [2.24, 2.45) is 11.3 Å². The minimum Gasteiger partial charge on any atom is -0.389 e. The van der Waals surface area contributed by atoms with Crippen molar-refractivity contribution in [3.63, 3.8) is 0 Å². The number of anilines is 2. The molecule has 1 saturated carbocycles. The van der Waals surface area contributed by atoms with Crippen LogP contribution in [0.15, 0.2) is 24.4 Å². The van der Waals surface area contributed by atoms with Gasteiger partial charge in [0.05, 0.1) is 36.1 Å². The maximum absolute atomic E-state index is 12.9. The number of pyridine rings is 1. The van der Waals surface area contributed by atoms with E-state index in [0.717, 1.165) is 75.1 Å². The Morgan fingerprint density at radius 2 is 1.88 bits per heavy atom. The summed E-state index contributed by atoms with van der Waals surface area (Å²) in [5, 5.41) is 15.8. The fourth-order valence-corrected chi connectivity index (χ4v) is 6.19. The van der Waals surface area contributed by atoms with Gasteiger partial charge in [0, 0.05) is 56.9 Å². The molecular weight excluding hydrogens is 456 g/mol. The third-order valence-electron chi connectivity index (χ3n) is 8.18. The molecule has 0 radical (unpaired) electrons. The van der Waals surface area contributed by atoms with Gasteiger partial charge in [-0.2, -0.15) is 0 Å². The number of amides is 1. The largest absolute Gasteiger partial charge is 0.389 e. The molecule has 6 rings (SSSR count). The van der Waals surface area contributed by atoms with Crippen molar-refractivity contribution in [1.29, 1.82) is 0 Å². The Labute approximate surface area is 204 Å². The molecule has 3 atom stereocenters. The van der Waals surface area contributed by atoms with Gasteiger partial charge in [-0.15, -0.1) is 0 Å². The number of ether oxygens (including phenoxy) is 2. The Balaban J connectivity index is 1.15. The van der Waals surface area contributed by atoms with Crippen LogP contribution in [0.25, 0.3) is 10.8 Å². The highest BCUT2D eigenvalue weighted by Crippen LogP contribution is 2.59. The van der Waals surface area contributed by atoms with Crippen molar-refractivity contribution in [3.05, 3.63) is 29.4 Å². The van der Waals surface area contributed by atoms with E-state index in [-0.39, 0.29) is 23.3 Å². The van der Waals surface area contributed by atoms with E-state index in [0.29, 0.717) is 24.1 Å². The molecule has 1 amide bonds. The van der Waals surface area contributed by atoms with E-state index in [9.17, 15) is 9.90 Å². The normalized spacial score (nSPS) is 29.0. The standard InChI is InChI=1S/C25H31ClN4O4/c26-19-9-17-13-27-23(28-24(32)18-12-25(18)1-7-33-8-2-25)11-16(17)10-20(19)29-3-5-30(6-4-29)21-14-34-15-22(21)31/h9-11,13,18,21-22,31H,1-8,12,14-15H2,(H,27,28,32). The lowest BCUT2D eigenvalue weighted by Crippen LogP contribution is -2.53. The van der Waals surface area contributed by atoms with Crippen LogP contribution in [0.2, 0.25) is 5.02 Å². The molecular formula is C25H31ClN4O4. The lowest BCUT2D eigenvalue weighted by atomic mass is 9.93. The molecule has 2 N–H and O–H groups in total. The molecule has 8 nitrogen and oxygen atoms in total. The molecule has 2 aromatic rings. The molecule has 182 valence electrons. The highest BCUT2D eigenvalue weighted by molar-refractivity contribution is 6.34. The van der Waals surface area contributed by atoms with Crippen LogP contribution in [-0.2, 0) is 14.3 Å². The highest BCUT2D eigenvalue weighted by Gasteiger charge is 2.58. The Bertz CT molecular complexity index is 1080. The van der Waals surface area contributed by atoms with Gasteiger partial charge in [-0.05, 0) is 48.3 Å². The fraction of sp³-hybridized carbons (Fsp3) is 0.600. The molecule has 3 unspecified atom stereocenters. The van der Waals surface area contributed by atoms with Gasteiger partial charge < -0.3 is 24.8 Å². The van der Waals surface area contributed by atoms with Gasteiger partial charge in [0.2, 0.25) is 5.91 Å². The molecule has 9 heteroatoms. The van der Waals surface area contributed by atoms with Crippen LogP contribution in [0.5, 0.6) is 0 Å². The summed E-state index contributed by atoms with van der Waals surface area (Å²) >= 11 is 6.66. The Kier molecular flexibility index (Phi) is 5.90. The van der Waals surface area contributed by atoms with Gasteiger partial charge in [0.15, 0.2) is 0 Å². The Morgan fingerprint density at radius 1 is 1.09 bits per heavy atom. The van der Waals surface area contributed by atoms with Gasteiger partial charge in [-0.25, -0.2) is 4.98 Å². The van der Waals surface area contributed by atoms with Gasteiger partial charge in [0.25, 0.3) is 0 Å². The Morgan fingerprint density at radius 3 is 2.62 bits per heavy atom. The number of carbonyl (C=O) groups excluding carboxylic acids is 1. The average Bonchev–Trinajstić information content (AvgIpc) is 3.36. The molecule has 1 aromatic carbocycles. The van der Waals surface area contributed by atoms with Crippen LogP contribution in [0, 0.1) is 11.3 Å². The first-order valence-electron chi connectivity index (χ1n) is 12.3.